The molecule has 0 aromatic heterocycles. The van der Waals surface area contributed by atoms with Crippen LogP contribution in [0.4, 0.5) is 15.8 Å². The number of benzene rings is 1. The summed E-state index contributed by atoms with van der Waals surface area (Å²) in [7, 11) is 0. The van der Waals surface area contributed by atoms with E-state index in [0.717, 1.165) is 31.6 Å². The lowest BCUT2D eigenvalue weighted by Crippen LogP contribution is -2.30. The molecule has 0 radical (unpaired) electrons. The van der Waals surface area contributed by atoms with Crippen LogP contribution >= 0.6 is 0 Å². The first-order valence-electron chi connectivity index (χ1n) is 5.46. The Balaban J connectivity index is 2.38. The summed E-state index contributed by atoms with van der Waals surface area (Å²) in [5, 5.41) is 8.98. The molecule has 3 nitrogen and oxygen atoms in total. The first-order valence-corrected chi connectivity index (χ1v) is 5.46. The monoisotopic (exact) mass is 219 g/mol. The zero-order valence-electron chi connectivity index (χ0n) is 9.04. The van der Waals surface area contributed by atoms with Crippen LogP contribution in [0.2, 0.25) is 0 Å². The highest BCUT2D eigenvalue weighted by molar-refractivity contribution is 5.66. The van der Waals surface area contributed by atoms with Gasteiger partial charge in [0, 0.05) is 13.1 Å². The number of piperidine rings is 1. The third kappa shape index (κ3) is 1.94. The van der Waals surface area contributed by atoms with E-state index in [0.29, 0.717) is 5.56 Å². The molecule has 0 spiro atoms. The molecule has 2 rings (SSSR count). The van der Waals surface area contributed by atoms with Gasteiger partial charge in [-0.25, -0.2) is 4.39 Å². The van der Waals surface area contributed by atoms with Gasteiger partial charge in [-0.1, -0.05) is 0 Å². The van der Waals surface area contributed by atoms with Crippen LogP contribution in [-0.2, 0) is 0 Å². The van der Waals surface area contributed by atoms with Crippen molar-refractivity contribution in [2.75, 3.05) is 23.7 Å². The second-order valence-corrected chi connectivity index (χ2v) is 4.05. The number of rotatable bonds is 1. The van der Waals surface area contributed by atoms with E-state index in [1.807, 2.05) is 6.07 Å². The summed E-state index contributed by atoms with van der Waals surface area (Å²) in [6.07, 6.45) is 3.44. The molecule has 84 valence electrons. The van der Waals surface area contributed by atoms with Crippen molar-refractivity contribution < 1.29 is 4.39 Å². The lowest BCUT2D eigenvalue weighted by molar-refractivity contribution is 0.576. The molecule has 1 saturated heterocycles. The van der Waals surface area contributed by atoms with E-state index in [4.69, 9.17) is 11.0 Å². The lowest BCUT2D eigenvalue weighted by Gasteiger charge is -2.29. The maximum Gasteiger partial charge on any atom is 0.147 e. The Hall–Kier alpha value is -1.76. The fraction of sp³-hybridized carbons (Fsp3) is 0.417. The molecular formula is C12H14FN3. The van der Waals surface area contributed by atoms with Gasteiger partial charge in [0.25, 0.3) is 0 Å². The van der Waals surface area contributed by atoms with Gasteiger partial charge in [-0.15, -0.1) is 0 Å². The van der Waals surface area contributed by atoms with Gasteiger partial charge in [-0.3, -0.25) is 0 Å². The Morgan fingerprint density at radius 3 is 2.56 bits per heavy atom. The van der Waals surface area contributed by atoms with Gasteiger partial charge < -0.3 is 10.6 Å². The predicted molar refractivity (Wildman–Crippen MR) is 61.6 cm³/mol. The minimum Gasteiger partial charge on any atom is -0.396 e. The number of halogens is 1. The highest BCUT2D eigenvalue weighted by Crippen LogP contribution is 2.27. The molecule has 0 amide bonds. The molecule has 0 bridgehead atoms. The Morgan fingerprint density at radius 1 is 1.25 bits per heavy atom. The maximum atomic E-state index is 13.2. The molecule has 1 fully saturated rings. The molecule has 1 heterocycles. The number of anilines is 2. The fourth-order valence-corrected chi connectivity index (χ4v) is 2.06. The molecule has 0 atom stereocenters. The highest BCUT2D eigenvalue weighted by Gasteiger charge is 2.16. The van der Waals surface area contributed by atoms with Crippen LogP contribution in [0.25, 0.3) is 0 Å². The standard InChI is InChI=1S/C12H14FN3/c13-10-6-9(8-14)12(7-11(10)15)16-4-2-1-3-5-16/h6-7H,1-5,15H2. The van der Waals surface area contributed by atoms with E-state index in [1.165, 1.54) is 12.5 Å². The topological polar surface area (TPSA) is 53.1 Å². The van der Waals surface area contributed by atoms with Crippen molar-refractivity contribution in [1.82, 2.24) is 0 Å². The van der Waals surface area contributed by atoms with Crippen LogP contribution in [-0.4, -0.2) is 13.1 Å². The van der Waals surface area contributed by atoms with Crippen LogP contribution in [0, 0.1) is 17.1 Å². The zero-order chi connectivity index (χ0) is 11.5. The van der Waals surface area contributed by atoms with Gasteiger partial charge in [-0.2, -0.15) is 5.26 Å². The first-order chi connectivity index (χ1) is 7.72. The molecule has 4 heteroatoms. The molecule has 2 N–H and O–H groups in total. The second-order valence-electron chi connectivity index (χ2n) is 4.05. The summed E-state index contributed by atoms with van der Waals surface area (Å²) in [5.41, 5.74) is 6.78. The molecule has 0 aliphatic carbocycles. The van der Waals surface area contributed by atoms with Crippen molar-refractivity contribution in [1.29, 1.82) is 5.26 Å². The third-order valence-corrected chi connectivity index (χ3v) is 2.93. The molecular weight excluding hydrogens is 205 g/mol. The van der Waals surface area contributed by atoms with Gasteiger partial charge in [0.15, 0.2) is 0 Å². The Kier molecular flexibility index (Phi) is 2.95. The Bertz CT molecular complexity index is 431. The van der Waals surface area contributed by atoms with Crippen molar-refractivity contribution in [2.24, 2.45) is 0 Å². The average Bonchev–Trinajstić information content (AvgIpc) is 2.33. The van der Waals surface area contributed by atoms with Gasteiger partial charge >= 0.3 is 0 Å². The minimum absolute atomic E-state index is 0.111. The molecule has 1 aliphatic heterocycles. The predicted octanol–water partition coefficient (Wildman–Crippen LogP) is 2.27. The van der Waals surface area contributed by atoms with Gasteiger partial charge in [0.1, 0.15) is 11.9 Å². The van der Waals surface area contributed by atoms with Crippen LogP contribution in [0.1, 0.15) is 24.8 Å². The Morgan fingerprint density at radius 2 is 1.94 bits per heavy atom. The minimum atomic E-state index is -0.516. The van der Waals surface area contributed by atoms with Crippen molar-refractivity contribution in [3.8, 4) is 6.07 Å². The number of nitrogens with zero attached hydrogens (tertiary/aromatic N) is 2. The summed E-state index contributed by atoms with van der Waals surface area (Å²) in [5.74, 6) is -0.516. The van der Waals surface area contributed by atoms with Crippen LogP contribution in [0.15, 0.2) is 12.1 Å². The summed E-state index contributed by atoms with van der Waals surface area (Å²) >= 11 is 0. The largest absolute Gasteiger partial charge is 0.396 e. The smallest absolute Gasteiger partial charge is 0.147 e. The maximum absolute atomic E-state index is 13.2. The van der Waals surface area contributed by atoms with E-state index in [1.54, 1.807) is 6.07 Å². The summed E-state index contributed by atoms with van der Waals surface area (Å²) in [6.45, 7) is 1.83. The van der Waals surface area contributed by atoms with E-state index in [2.05, 4.69) is 4.90 Å². The van der Waals surface area contributed by atoms with Gasteiger partial charge in [0.2, 0.25) is 0 Å². The number of nitrogens with two attached hydrogens (primary N) is 1. The van der Waals surface area contributed by atoms with Crippen LogP contribution < -0.4 is 10.6 Å². The van der Waals surface area contributed by atoms with E-state index in [9.17, 15) is 4.39 Å². The van der Waals surface area contributed by atoms with Gasteiger partial charge in [0.05, 0.1) is 16.9 Å². The van der Waals surface area contributed by atoms with E-state index < -0.39 is 5.82 Å². The fourth-order valence-electron chi connectivity index (χ4n) is 2.06. The molecule has 1 aliphatic rings. The molecule has 1 aromatic carbocycles. The third-order valence-electron chi connectivity index (χ3n) is 2.93. The number of nitriles is 1. The average molecular weight is 219 g/mol. The highest BCUT2D eigenvalue weighted by atomic mass is 19.1. The SMILES string of the molecule is N#Cc1cc(F)c(N)cc1N1CCCCC1. The number of hydrogen-bond donors (Lipinski definition) is 1. The van der Waals surface area contributed by atoms with Crippen molar-refractivity contribution in [2.45, 2.75) is 19.3 Å². The van der Waals surface area contributed by atoms with Crippen molar-refractivity contribution in [3.05, 3.63) is 23.5 Å². The van der Waals surface area contributed by atoms with Crippen LogP contribution in [0.5, 0.6) is 0 Å². The normalized spacial score (nSPS) is 15.9. The quantitative estimate of drug-likeness (QED) is 0.737. The molecule has 0 saturated carbocycles. The first kappa shape index (κ1) is 10.7. The second kappa shape index (κ2) is 4.40. The number of hydrogen-bond acceptors (Lipinski definition) is 3. The van der Waals surface area contributed by atoms with Crippen molar-refractivity contribution >= 4 is 11.4 Å². The molecule has 0 unspecified atom stereocenters. The molecule has 1 aromatic rings. The van der Waals surface area contributed by atoms with Gasteiger partial charge in [-0.05, 0) is 31.4 Å². The van der Waals surface area contributed by atoms with E-state index in [-0.39, 0.29) is 5.69 Å². The number of nitrogen functional groups attached to an aromatic ring is 1. The zero-order valence-corrected chi connectivity index (χ0v) is 9.04. The van der Waals surface area contributed by atoms with Crippen LogP contribution in [0.3, 0.4) is 0 Å². The van der Waals surface area contributed by atoms with E-state index >= 15 is 0 Å². The summed E-state index contributed by atoms with van der Waals surface area (Å²) in [4.78, 5) is 2.11. The summed E-state index contributed by atoms with van der Waals surface area (Å²) in [6, 6.07) is 4.81. The summed E-state index contributed by atoms with van der Waals surface area (Å²) < 4.78 is 13.2. The molecule has 16 heavy (non-hydrogen) atoms. The van der Waals surface area contributed by atoms with Crippen molar-refractivity contribution in [3.63, 3.8) is 0 Å². The lowest BCUT2D eigenvalue weighted by atomic mass is 10.1. The Labute approximate surface area is 94.3 Å².